The van der Waals surface area contributed by atoms with Crippen molar-refractivity contribution in [1.82, 2.24) is 5.32 Å². The molecule has 1 N–H and O–H groups in total. The molecule has 0 aliphatic carbocycles. The van der Waals surface area contributed by atoms with E-state index in [0.29, 0.717) is 13.2 Å². The number of hydrogen-bond donors (Lipinski definition) is 1. The molecule has 1 aromatic carbocycles. The predicted molar refractivity (Wildman–Crippen MR) is 76.0 cm³/mol. The maximum absolute atomic E-state index is 13.6. The molecule has 0 aliphatic rings. The van der Waals surface area contributed by atoms with Crippen LogP contribution in [0.15, 0.2) is 21.5 Å². The van der Waals surface area contributed by atoms with Gasteiger partial charge in [0.2, 0.25) is 0 Å². The Bertz CT molecular complexity index is 609. The molecule has 0 fully saturated rings. The van der Waals surface area contributed by atoms with Crippen LogP contribution in [0.2, 0.25) is 0 Å². The van der Waals surface area contributed by atoms with Gasteiger partial charge in [-0.3, -0.25) is 4.79 Å². The summed E-state index contributed by atoms with van der Waals surface area (Å²) in [7, 11) is 1.02. The number of amides is 1. The molecule has 5 nitrogen and oxygen atoms in total. The maximum Gasteiger partial charge on any atom is 0.262 e. The molecule has 1 aromatic rings. The van der Waals surface area contributed by atoms with Crippen LogP contribution in [0.25, 0.3) is 0 Å². The van der Waals surface area contributed by atoms with E-state index in [1.807, 2.05) is 6.92 Å². The molecule has 0 aromatic heterocycles. The second-order valence-corrected chi connectivity index (χ2v) is 6.99. The minimum Gasteiger partial charge on any atom is -0.380 e. The molecule has 0 atom stereocenters. The summed E-state index contributed by atoms with van der Waals surface area (Å²) >= 11 is 2.78. The van der Waals surface area contributed by atoms with Gasteiger partial charge in [-0.15, -0.1) is 0 Å². The fraction of sp³-hybridized carbons (Fsp3) is 0.364. The topological polar surface area (TPSA) is 72.5 Å². The largest absolute Gasteiger partial charge is 0.380 e. The number of nitrogens with one attached hydrogen (secondary N) is 1. The van der Waals surface area contributed by atoms with Crippen LogP contribution in [0.5, 0.6) is 0 Å². The number of hydrogen-bond acceptors (Lipinski definition) is 4. The van der Waals surface area contributed by atoms with Crippen molar-refractivity contribution in [2.75, 3.05) is 19.8 Å². The van der Waals surface area contributed by atoms with Crippen molar-refractivity contribution < 1.29 is 22.3 Å². The van der Waals surface area contributed by atoms with E-state index in [9.17, 15) is 17.6 Å². The Morgan fingerprint density at radius 1 is 1.50 bits per heavy atom. The van der Waals surface area contributed by atoms with Crippen molar-refractivity contribution >= 4 is 41.6 Å². The van der Waals surface area contributed by atoms with E-state index < -0.39 is 25.7 Å². The Morgan fingerprint density at radius 3 is 2.70 bits per heavy atom. The molecule has 0 spiro atoms. The van der Waals surface area contributed by atoms with Crippen LogP contribution in [-0.2, 0) is 13.8 Å². The SMILES string of the molecule is CCOCCNC(=O)c1cc(F)c(Br)c(S(=O)(=O)Cl)c1. The highest BCUT2D eigenvalue weighted by molar-refractivity contribution is 9.10. The highest BCUT2D eigenvalue weighted by Gasteiger charge is 2.21. The third-order valence-electron chi connectivity index (χ3n) is 2.26. The van der Waals surface area contributed by atoms with E-state index >= 15 is 0 Å². The summed E-state index contributed by atoms with van der Waals surface area (Å²) in [5.74, 6) is -1.50. The van der Waals surface area contributed by atoms with Crippen molar-refractivity contribution in [2.45, 2.75) is 11.8 Å². The predicted octanol–water partition coefficient (Wildman–Crippen LogP) is 2.28. The summed E-state index contributed by atoms with van der Waals surface area (Å²) in [6.07, 6.45) is 0. The number of carbonyl (C=O) groups is 1. The van der Waals surface area contributed by atoms with Gasteiger partial charge < -0.3 is 10.1 Å². The lowest BCUT2D eigenvalue weighted by molar-refractivity contribution is 0.0922. The molecule has 112 valence electrons. The third-order valence-corrected chi connectivity index (χ3v) is 4.67. The second kappa shape index (κ2) is 7.35. The quantitative estimate of drug-likeness (QED) is 0.599. The van der Waals surface area contributed by atoms with Gasteiger partial charge in [-0.1, -0.05) is 0 Å². The van der Waals surface area contributed by atoms with Crippen molar-refractivity contribution in [2.24, 2.45) is 0 Å². The maximum atomic E-state index is 13.6. The normalized spacial score (nSPS) is 11.4. The van der Waals surface area contributed by atoms with Crippen LogP contribution in [0.3, 0.4) is 0 Å². The zero-order chi connectivity index (χ0) is 15.3. The lowest BCUT2D eigenvalue weighted by atomic mass is 10.2. The zero-order valence-electron chi connectivity index (χ0n) is 10.5. The van der Waals surface area contributed by atoms with Crippen LogP contribution in [0.4, 0.5) is 4.39 Å². The zero-order valence-corrected chi connectivity index (χ0v) is 13.6. The van der Waals surface area contributed by atoms with Crippen LogP contribution < -0.4 is 5.32 Å². The van der Waals surface area contributed by atoms with Gasteiger partial charge in [0.25, 0.3) is 15.0 Å². The van der Waals surface area contributed by atoms with Gasteiger partial charge >= 0.3 is 0 Å². The van der Waals surface area contributed by atoms with Gasteiger partial charge in [0.15, 0.2) is 0 Å². The van der Waals surface area contributed by atoms with Gasteiger partial charge in [-0.25, -0.2) is 12.8 Å². The molecular formula is C11H12BrClFNO4S. The first-order valence-corrected chi connectivity index (χ1v) is 8.67. The highest BCUT2D eigenvalue weighted by atomic mass is 79.9. The number of benzene rings is 1. The summed E-state index contributed by atoms with van der Waals surface area (Å²) in [6, 6.07) is 1.93. The summed E-state index contributed by atoms with van der Waals surface area (Å²) in [5.41, 5.74) is -0.138. The number of ether oxygens (including phenoxy) is 1. The molecule has 0 heterocycles. The van der Waals surface area contributed by atoms with Crippen molar-refractivity contribution in [1.29, 1.82) is 0 Å². The Kier molecular flexibility index (Phi) is 6.38. The van der Waals surface area contributed by atoms with Gasteiger partial charge in [0.1, 0.15) is 10.7 Å². The first kappa shape index (κ1) is 17.4. The molecule has 0 aliphatic heterocycles. The van der Waals surface area contributed by atoms with Crippen LogP contribution >= 0.6 is 26.6 Å². The molecular weight excluding hydrogens is 377 g/mol. The van der Waals surface area contributed by atoms with Crippen LogP contribution in [0.1, 0.15) is 17.3 Å². The van der Waals surface area contributed by atoms with Gasteiger partial charge in [-0.2, -0.15) is 0 Å². The summed E-state index contributed by atoms with van der Waals surface area (Å²) < 4.78 is 40.9. The van der Waals surface area contributed by atoms with Gasteiger partial charge in [-0.05, 0) is 35.0 Å². The average molecular weight is 389 g/mol. The average Bonchev–Trinajstić information content (AvgIpc) is 2.36. The minimum absolute atomic E-state index is 0.138. The molecule has 1 amide bonds. The monoisotopic (exact) mass is 387 g/mol. The van der Waals surface area contributed by atoms with E-state index in [0.717, 1.165) is 12.1 Å². The van der Waals surface area contributed by atoms with E-state index in [2.05, 4.69) is 21.2 Å². The van der Waals surface area contributed by atoms with Crippen molar-refractivity contribution in [3.8, 4) is 0 Å². The molecule has 20 heavy (non-hydrogen) atoms. The fourth-order valence-electron chi connectivity index (χ4n) is 1.36. The van der Waals surface area contributed by atoms with Crippen molar-refractivity contribution in [3.05, 3.63) is 28.0 Å². The van der Waals surface area contributed by atoms with Crippen LogP contribution in [-0.4, -0.2) is 34.1 Å². The minimum atomic E-state index is -4.16. The Labute approximate surface area is 129 Å². The smallest absolute Gasteiger partial charge is 0.262 e. The Balaban J connectivity index is 2.97. The molecule has 0 unspecified atom stereocenters. The molecule has 9 heteroatoms. The summed E-state index contributed by atoms with van der Waals surface area (Å²) in [6.45, 7) is 2.86. The third kappa shape index (κ3) is 4.69. The number of rotatable bonds is 6. The lowest BCUT2D eigenvalue weighted by Crippen LogP contribution is -2.27. The molecule has 0 saturated heterocycles. The molecule has 0 bridgehead atoms. The van der Waals surface area contributed by atoms with Gasteiger partial charge in [0, 0.05) is 29.4 Å². The fourth-order valence-corrected chi connectivity index (χ4v) is 3.45. The van der Waals surface area contributed by atoms with E-state index in [1.165, 1.54) is 0 Å². The Morgan fingerprint density at radius 2 is 2.15 bits per heavy atom. The van der Waals surface area contributed by atoms with Gasteiger partial charge in [0.05, 0.1) is 11.1 Å². The number of halogens is 3. The first-order valence-electron chi connectivity index (χ1n) is 5.57. The number of carbonyl (C=O) groups excluding carboxylic acids is 1. The standard InChI is InChI=1S/C11H12BrClFNO4S/c1-2-19-4-3-15-11(16)7-5-8(14)10(12)9(6-7)20(13,17)18/h5-6H,2-4H2,1H3,(H,15,16). The Hall–Kier alpha value is -0.700. The summed E-state index contributed by atoms with van der Waals surface area (Å²) in [4.78, 5) is 11.3. The van der Waals surface area contributed by atoms with E-state index in [-0.39, 0.29) is 16.6 Å². The van der Waals surface area contributed by atoms with E-state index in [1.54, 1.807) is 0 Å². The summed E-state index contributed by atoms with van der Waals surface area (Å²) in [5, 5.41) is 2.48. The first-order chi connectivity index (χ1) is 9.27. The molecule has 0 saturated carbocycles. The van der Waals surface area contributed by atoms with Crippen molar-refractivity contribution in [3.63, 3.8) is 0 Å². The van der Waals surface area contributed by atoms with E-state index in [4.69, 9.17) is 15.4 Å². The van der Waals surface area contributed by atoms with Crippen LogP contribution in [0, 0.1) is 5.82 Å². The lowest BCUT2D eigenvalue weighted by Gasteiger charge is -2.08. The highest BCUT2D eigenvalue weighted by Crippen LogP contribution is 2.29. The molecule has 0 radical (unpaired) electrons. The second-order valence-electron chi connectivity index (χ2n) is 3.66. The molecule has 1 rings (SSSR count).